The molecule has 0 radical (unpaired) electrons. The lowest BCUT2D eigenvalue weighted by molar-refractivity contribution is 0.0465. The molecule has 24 heavy (non-hydrogen) atoms. The van der Waals surface area contributed by atoms with Crippen molar-refractivity contribution in [1.29, 1.82) is 0 Å². The molecule has 3 rings (SSSR count). The van der Waals surface area contributed by atoms with Crippen LogP contribution in [0, 0.1) is 6.92 Å². The third kappa shape index (κ3) is 3.27. The minimum atomic E-state index is -0.550. The molecule has 3 aromatic rings. The zero-order chi connectivity index (χ0) is 17.1. The molecule has 0 fully saturated rings. The summed E-state index contributed by atoms with van der Waals surface area (Å²) in [6.45, 7) is 3.88. The van der Waals surface area contributed by atoms with Gasteiger partial charge in [-0.05, 0) is 32.0 Å². The van der Waals surface area contributed by atoms with Gasteiger partial charge in [0.25, 0.3) is 6.01 Å². The molecule has 0 aliphatic heterocycles. The van der Waals surface area contributed by atoms with Gasteiger partial charge >= 0.3 is 5.97 Å². The minimum Gasteiger partial charge on any atom is -0.465 e. The smallest absolute Gasteiger partial charge is 0.338 e. The highest BCUT2D eigenvalue weighted by Gasteiger charge is 2.12. The molecule has 0 bridgehead atoms. The quantitative estimate of drug-likeness (QED) is 0.690. The fourth-order valence-electron chi connectivity index (χ4n) is 2.16. The average Bonchev–Trinajstić information content (AvgIpc) is 2.95. The van der Waals surface area contributed by atoms with E-state index in [1.165, 1.54) is 6.07 Å². The second-order valence-electron chi connectivity index (χ2n) is 5.14. The van der Waals surface area contributed by atoms with Crippen LogP contribution in [0.4, 0.5) is 0 Å². The summed E-state index contributed by atoms with van der Waals surface area (Å²) in [7, 11) is 0. The van der Waals surface area contributed by atoms with Crippen LogP contribution < -0.4 is 10.2 Å². The zero-order valence-electron chi connectivity index (χ0n) is 13.3. The van der Waals surface area contributed by atoms with Gasteiger partial charge in [-0.2, -0.15) is 10.1 Å². The van der Waals surface area contributed by atoms with E-state index >= 15 is 0 Å². The molecule has 2 aromatic heterocycles. The Hall–Kier alpha value is -3.16. The Bertz CT molecular complexity index is 945. The van der Waals surface area contributed by atoms with Crippen molar-refractivity contribution in [1.82, 2.24) is 20.2 Å². The lowest BCUT2D eigenvalue weighted by Gasteiger charge is -2.04. The zero-order valence-corrected chi connectivity index (χ0v) is 13.3. The van der Waals surface area contributed by atoms with Crippen molar-refractivity contribution in [3.05, 3.63) is 51.4 Å². The Morgan fingerprint density at radius 3 is 2.88 bits per heavy atom. The highest BCUT2D eigenvalue weighted by molar-refractivity contribution is 5.93. The van der Waals surface area contributed by atoms with E-state index in [9.17, 15) is 9.59 Å². The molecule has 0 saturated carbocycles. The molecule has 2 heterocycles. The van der Waals surface area contributed by atoms with Crippen LogP contribution in [0.1, 0.15) is 28.7 Å². The number of aromatic nitrogens is 4. The SMILES string of the molecule is CCOc1nc2ccc(C(=O)OCc3n[nH]c(C)cc3=O)cc2[nH]1. The molecular formula is C16H16N4O4. The fraction of sp³-hybridized carbons (Fsp3) is 0.250. The Balaban J connectivity index is 1.74. The monoisotopic (exact) mass is 328 g/mol. The average molecular weight is 328 g/mol. The number of rotatable bonds is 5. The number of carbonyl (C=O) groups excluding carboxylic acids is 1. The maximum atomic E-state index is 12.1. The van der Waals surface area contributed by atoms with E-state index in [0.717, 1.165) is 0 Å². The number of aryl methyl sites for hydroxylation is 1. The van der Waals surface area contributed by atoms with Gasteiger partial charge in [0, 0.05) is 11.8 Å². The van der Waals surface area contributed by atoms with Gasteiger partial charge in [0.15, 0.2) is 0 Å². The summed E-state index contributed by atoms with van der Waals surface area (Å²) in [5.74, 6) is -0.550. The number of imidazole rings is 1. The molecule has 8 heteroatoms. The summed E-state index contributed by atoms with van der Waals surface area (Å²) in [5, 5.41) is 6.54. The predicted octanol–water partition coefficient (Wildman–Crippen LogP) is 1.71. The summed E-state index contributed by atoms with van der Waals surface area (Å²) < 4.78 is 10.4. The molecule has 2 N–H and O–H groups in total. The van der Waals surface area contributed by atoms with Crippen LogP contribution in [0.25, 0.3) is 11.0 Å². The maximum absolute atomic E-state index is 12.1. The summed E-state index contributed by atoms with van der Waals surface area (Å²) in [4.78, 5) is 31.1. The molecule has 0 amide bonds. The maximum Gasteiger partial charge on any atom is 0.338 e. The van der Waals surface area contributed by atoms with E-state index in [1.807, 2.05) is 6.92 Å². The number of ether oxygens (including phenoxy) is 2. The van der Waals surface area contributed by atoms with Crippen molar-refractivity contribution in [2.45, 2.75) is 20.5 Å². The van der Waals surface area contributed by atoms with Crippen molar-refractivity contribution in [2.75, 3.05) is 6.61 Å². The van der Waals surface area contributed by atoms with Crippen LogP contribution in [0.15, 0.2) is 29.1 Å². The highest BCUT2D eigenvalue weighted by atomic mass is 16.5. The second kappa shape index (κ2) is 6.53. The molecule has 0 saturated heterocycles. The van der Waals surface area contributed by atoms with Gasteiger partial charge in [-0.15, -0.1) is 0 Å². The molecule has 0 aliphatic carbocycles. The number of hydrogen-bond acceptors (Lipinski definition) is 6. The van der Waals surface area contributed by atoms with E-state index < -0.39 is 5.97 Å². The second-order valence-corrected chi connectivity index (χ2v) is 5.14. The highest BCUT2D eigenvalue weighted by Crippen LogP contribution is 2.18. The summed E-state index contributed by atoms with van der Waals surface area (Å²) in [6.07, 6.45) is 0. The van der Waals surface area contributed by atoms with Gasteiger partial charge in [-0.25, -0.2) is 4.79 Å². The lowest BCUT2D eigenvalue weighted by atomic mass is 10.2. The molecule has 1 aromatic carbocycles. The first-order valence-electron chi connectivity index (χ1n) is 7.41. The van der Waals surface area contributed by atoms with Crippen molar-refractivity contribution in [3.8, 4) is 6.01 Å². The number of H-pyrrole nitrogens is 2. The van der Waals surface area contributed by atoms with Crippen LogP contribution >= 0.6 is 0 Å². The fourth-order valence-corrected chi connectivity index (χ4v) is 2.16. The van der Waals surface area contributed by atoms with E-state index in [2.05, 4.69) is 20.2 Å². The van der Waals surface area contributed by atoms with Crippen LogP contribution in [0.5, 0.6) is 6.01 Å². The molecule has 0 spiro atoms. The van der Waals surface area contributed by atoms with Gasteiger partial charge < -0.3 is 14.5 Å². The first-order chi connectivity index (χ1) is 11.6. The number of nitrogens with zero attached hydrogens (tertiary/aromatic N) is 2. The summed E-state index contributed by atoms with van der Waals surface area (Å²) >= 11 is 0. The van der Waals surface area contributed by atoms with Crippen molar-refractivity contribution in [2.24, 2.45) is 0 Å². The lowest BCUT2D eigenvalue weighted by Crippen LogP contribution is -2.16. The largest absolute Gasteiger partial charge is 0.465 e. The van der Waals surface area contributed by atoms with Crippen molar-refractivity contribution in [3.63, 3.8) is 0 Å². The van der Waals surface area contributed by atoms with E-state index in [1.54, 1.807) is 25.1 Å². The Labute approximate surface area is 136 Å². The number of aromatic amines is 2. The Kier molecular flexibility index (Phi) is 4.28. The first kappa shape index (κ1) is 15.7. The molecular weight excluding hydrogens is 312 g/mol. The van der Waals surface area contributed by atoms with Crippen LogP contribution in [0.3, 0.4) is 0 Å². The minimum absolute atomic E-state index is 0.148. The van der Waals surface area contributed by atoms with E-state index in [-0.39, 0.29) is 17.7 Å². The van der Waals surface area contributed by atoms with Gasteiger partial charge in [-0.1, -0.05) is 0 Å². The van der Waals surface area contributed by atoms with E-state index in [4.69, 9.17) is 9.47 Å². The van der Waals surface area contributed by atoms with Gasteiger partial charge in [-0.3, -0.25) is 9.89 Å². The van der Waals surface area contributed by atoms with Gasteiger partial charge in [0.1, 0.15) is 12.3 Å². The molecule has 0 atom stereocenters. The molecule has 0 unspecified atom stereocenters. The summed E-state index contributed by atoms with van der Waals surface area (Å²) in [5.41, 5.74) is 2.22. The number of esters is 1. The first-order valence-corrected chi connectivity index (χ1v) is 7.41. The molecule has 124 valence electrons. The standard InChI is InChI=1S/C16H16N4O4/c1-3-23-16-17-11-5-4-10(7-12(11)18-16)15(22)24-8-13-14(21)6-9(2)19-20-13/h4-7H,3,8H2,1-2H3,(H,17,18)(H,19,21). The van der Waals surface area contributed by atoms with Crippen LogP contribution in [0.2, 0.25) is 0 Å². The third-order valence-electron chi connectivity index (χ3n) is 3.32. The topological polar surface area (TPSA) is 110 Å². The van der Waals surface area contributed by atoms with Crippen molar-refractivity contribution >= 4 is 17.0 Å². The van der Waals surface area contributed by atoms with Gasteiger partial charge in [0.05, 0.1) is 23.2 Å². The van der Waals surface area contributed by atoms with Crippen LogP contribution in [-0.2, 0) is 11.3 Å². The predicted molar refractivity (Wildman–Crippen MR) is 86.0 cm³/mol. The van der Waals surface area contributed by atoms with E-state index in [0.29, 0.717) is 34.9 Å². The number of hydrogen-bond donors (Lipinski definition) is 2. The molecule has 0 aliphatic rings. The van der Waals surface area contributed by atoms with Crippen molar-refractivity contribution < 1.29 is 14.3 Å². The number of carbonyl (C=O) groups is 1. The Morgan fingerprint density at radius 2 is 2.12 bits per heavy atom. The Morgan fingerprint density at radius 1 is 1.29 bits per heavy atom. The molecule has 8 nitrogen and oxygen atoms in total. The third-order valence-corrected chi connectivity index (χ3v) is 3.32. The number of nitrogens with one attached hydrogen (secondary N) is 2. The normalized spacial score (nSPS) is 10.8. The number of benzene rings is 1. The van der Waals surface area contributed by atoms with Gasteiger partial charge in [0.2, 0.25) is 5.43 Å². The summed E-state index contributed by atoms with van der Waals surface area (Å²) in [6, 6.07) is 6.73. The van der Waals surface area contributed by atoms with Crippen LogP contribution in [-0.4, -0.2) is 32.7 Å². The number of fused-ring (bicyclic) bond motifs is 1.